The van der Waals surface area contributed by atoms with E-state index in [9.17, 15) is 4.39 Å². The fourth-order valence-corrected chi connectivity index (χ4v) is 1.64. The Kier molecular flexibility index (Phi) is 4.11. The maximum atomic E-state index is 13.5. The fraction of sp³-hybridized carbons (Fsp3) is 0.214. The molecule has 6 heteroatoms. The Morgan fingerprint density at radius 2 is 2.20 bits per heavy atom. The van der Waals surface area contributed by atoms with Crippen molar-refractivity contribution < 1.29 is 9.13 Å². The molecular weight excluding hydrogens is 259 g/mol. The highest BCUT2D eigenvalue weighted by molar-refractivity contribution is 5.49. The van der Waals surface area contributed by atoms with Crippen LogP contribution in [0.25, 0.3) is 0 Å². The molecule has 0 atom stereocenters. The standard InChI is InChI=1S/C14H13FN4O/c1-3-17-13-9(2)14(19-8-18-13)20-11-5-4-10(7-16)12(15)6-11/h4-6,8H,3H2,1-2H3,(H,17,18,19). The van der Waals surface area contributed by atoms with Crippen LogP contribution in [0.5, 0.6) is 11.6 Å². The van der Waals surface area contributed by atoms with Crippen LogP contribution in [0.15, 0.2) is 24.5 Å². The Balaban J connectivity index is 2.28. The number of anilines is 1. The van der Waals surface area contributed by atoms with Crippen LogP contribution in [0.2, 0.25) is 0 Å². The molecule has 0 aliphatic rings. The van der Waals surface area contributed by atoms with Gasteiger partial charge in [-0.1, -0.05) is 0 Å². The van der Waals surface area contributed by atoms with E-state index in [0.29, 0.717) is 11.7 Å². The van der Waals surface area contributed by atoms with Gasteiger partial charge in [-0.25, -0.2) is 14.4 Å². The average Bonchev–Trinajstić information content (AvgIpc) is 2.44. The predicted molar refractivity (Wildman–Crippen MR) is 72.1 cm³/mol. The zero-order valence-electron chi connectivity index (χ0n) is 11.1. The number of hydrogen-bond donors (Lipinski definition) is 1. The number of hydrogen-bond acceptors (Lipinski definition) is 5. The second-order valence-corrected chi connectivity index (χ2v) is 4.04. The van der Waals surface area contributed by atoms with Crippen LogP contribution < -0.4 is 10.1 Å². The Morgan fingerprint density at radius 1 is 1.40 bits per heavy atom. The van der Waals surface area contributed by atoms with Gasteiger partial charge in [0.1, 0.15) is 29.8 Å². The van der Waals surface area contributed by atoms with Crippen LogP contribution >= 0.6 is 0 Å². The SMILES string of the molecule is CCNc1ncnc(Oc2ccc(C#N)c(F)c2)c1C. The van der Waals surface area contributed by atoms with Crippen molar-refractivity contribution in [2.24, 2.45) is 0 Å². The number of ether oxygens (including phenoxy) is 1. The van der Waals surface area contributed by atoms with Crippen molar-refractivity contribution >= 4 is 5.82 Å². The lowest BCUT2D eigenvalue weighted by Gasteiger charge is -2.11. The number of nitrogens with zero attached hydrogens (tertiary/aromatic N) is 3. The highest BCUT2D eigenvalue weighted by atomic mass is 19.1. The molecule has 0 radical (unpaired) electrons. The highest BCUT2D eigenvalue weighted by Crippen LogP contribution is 2.26. The summed E-state index contributed by atoms with van der Waals surface area (Å²) in [5.74, 6) is 0.682. The molecular formula is C14H13FN4O. The third-order valence-corrected chi connectivity index (χ3v) is 2.66. The quantitative estimate of drug-likeness (QED) is 0.926. The first kappa shape index (κ1) is 13.7. The van der Waals surface area contributed by atoms with Crippen molar-refractivity contribution in [1.29, 1.82) is 5.26 Å². The molecule has 20 heavy (non-hydrogen) atoms. The molecule has 0 unspecified atom stereocenters. The van der Waals surface area contributed by atoms with Gasteiger partial charge in [0, 0.05) is 12.6 Å². The molecule has 2 aromatic rings. The Bertz CT molecular complexity index is 667. The monoisotopic (exact) mass is 272 g/mol. The highest BCUT2D eigenvalue weighted by Gasteiger charge is 2.10. The number of halogens is 1. The van der Waals surface area contributed by atoms with Crippen molar-refractivity contribution in [1.82, 2.24) is 9.97 Å². The summed E-state index contributed by atoms with van der Waals surface area (Å²) in [6, 6.07) is 5.81. The van der Waals surface area contributed by atoms with E-state index in [0.717, 1.165) is 18.2 Å². The maximum absolute atomic E-state index is 13.5. The molecule has 0 bridgehead atoms. The molecule has 0 amide bonds. The lowest BCUT2D eigenvalue weighted by atomic mass is 10.2. The minimum atomic E-state index is -0.622. The van der Waals surface area contributed by atoms with E-state index in [4.69, 9.17) is 10.00 Å². The molecule has 1 aromatic heterocycles. The Morgan fingerprint density at radius 3 is 2.85 bits per heavy atom. The second-order valence-electron chi connectivity index (χ2n) is 4.04. The summed E-state index contributed by atoms with van der Waals surface area (Å²) in [7, 11) is 0. The van der Waals surface area contributed by atoms with Gasteiger partial charge in [-0.2, -0.15) is 5.26 Å². The zero-order chi connectivity index (χ0) is 14.5. The molecule has 1 N–H and O–H groups in total. The van der Waals surface area contributed by atoms with Gasteiger partial charge in [0.2, 0.25) is 5.88 Å². The van der Waals surface area contributed by atoms with E-state index >= 15 is 0 Å². The first-order chi connectivity index (χ1) is 9.65. The topological polar surface area (TPSA) is 70.8 Å². The van der Waals surface area contributed by atoms with Crippen molar-refractivity contribution in [3.63, 3.8) is 0 Å². The molecule has 0 saturated carbocycles. The van der Waals surface area contributed by atoms with Crippen LogP contribution in [-0.2, 0) is 0 Å². The fourth-order valence-electron chi connectivity index (χ4n) is 1.64. The Labute approximate surface area is 116 Å². The van der Waals surface area contributed by atoms with Gasteiger partial charge in [-0.3, -0.25) is 0 Å². The first-order valence-corrected chi connectivity index (χ1v) is 6.08. The lowest BCUT2D eigenvalue weighted by Crippen LogP contribution is -2.03. The van der Waals surface area contributed by atoms with Crippen LogP contribution in [0.1, 0.15) is 18.1 Å². The first-order valence-electron chi connectivity index (χ1n) is 6.08. The lowest BCUT2D eigenvalue weighted by molar-refractivity contribution is 0.453. The maximum Gasteiger partial charge on any atom is 0.227 e. The number of rotatable bonds is 4. The molecule has 102 valence electrons. The van der Waals surface area contributed by atoms with Gasteiger partial charge in [0.15, 0.2) is 0 Å². The average molecular weight is 272 g/mol. The summed E-state index contributed by atoms with van der Waals surface area (Å²) in [5, 5.41) is 11.8. The zero-order valence-corrected chi connectivity index (χ0v) is 11.1. The van der Waals surface area contributed by atoms with E-state index in [-0.39, 0.29) is 11.3 Å². The normalized spacial score (nSPS) is 9.90. The van der Waals surface area contributed by atoms with Gasteiger partial charge >= 0.3 is 0 Å². The van der Waals surface area contributed by atoms with Crippen molar-refractivity contribution in [3.8, 4) is 17.7 Å². The molecule has 0 spiro atoms. The molecule has 2 rings (SSSR count). The Hall–Kier alpha value is -2.68. The second kappa shape index (κ2) is 5.97. The van der Waals surface area contributed by atoms with Crippen molar-refractivity contribution in [2.45, 2.75) is 13.8 Å². The summed E-state index contributed by atoms with van der Waals surface area (Å²) in [4.78, 5) is 8.12. The van der Waals surface area contributed by atoms with Gasteiger partial charge in [0.25, 0.3) is 0 Å². The molecule has 0 saturated heterocycles. The van der Waals surface area contributed by atoms with Gasteiger partial charge in [-0.05, 0) is 26.0 Å². The minimum absolute atomic E-state index is 0.0231. The van der Waals surface area contributed by atoms with E-state index in [2.05, 4.69) is 15.3 Å². The van der Waals surface area contributed by atoms with Gasteiger partial charge in [-0.15, -0.1) is 0 Å². The van der Waals surface area contributed by atoms with Gasteiger partial charge < -0.3 is 10.1 Å². The number of benzene rings is 1. The number of nitriles is 1. The molecule has 0 fully saturated rings. The summed E-state index contributed by atoms with van der Waals surface area (Å²) < 4.78 is 19.0. The predicted octanol–water partition coefficient (Wildman–Crippen LogP) is 3.02. The van der Waals surface area contributed by atoms with Crippen LogP contribution in [-0.4, -0.2) is 16.5 Å². The largest absolute Gasteiger partial charge is 0.438 e. The smallest absolute Gasteiger partial charge is 0.227 e. The van der Waals surface area contributed by atoms with Crippen molar-refractivity contribution in [3.05, 3.63) is 41.5 Å². The summed E-state index contributed by atoms with van der Waals surface area (Å²) in [6.45, 7) is 4.49. The van der Waals surface area contributed by atoms with Crippen molar-refractivity contribution in [2.75, 3.05) is 11.9 Å². The number of nitrogens with one attached hydrogen (secondary N) is 1. The molecule has 1 aromatic carbocycles. The van der Waals surface area contributed by atoms with Crippen LogP contribution in [0, 0.1) is 24.1 Å². The molecule has 0 aliphatic heterocycles. The van der Waals surface area contributed by atoms with E-state index in [1.165, 1.54) is 18.5 Å². The van der Waals surface area contributed by atoms with E-state index in [1.807, 2.05) is 13.8 Å². The third-order valence-electron chi connectivity index (χ3n) is 2.66. The molecule has 0 aliphatic carbocycles. The number of aromatic nitrogens is 2. The van der Waals surface area contributed by atoms with E-state index in [1.54, 1.807) is 6.07 Å². The summed E-state index contributed by atoms with van der Waals surface area (Å²) >= 11 is 0. The third kappa shape index (κ3) is 2.83. The minimum Gasteiger partial charge on any atom is -0.438 e. The van der Waals surface area contributed by atoms with Crippen LogP contribution in [0.3, 0.4) is 0 Å². The van der Waals surface area contributed by atoms with E-state index < -0.39 is 5.82 Å². The summed E-state index contributed by atoms with van der Waals surface area (Å²) in [5.41, 5.74) is 0.712. The van der Waals surface area contributed by atoms with Crippen LogP contribution in [0.4, 0.5) is 10.2 Å². The molecule has 1 heterocycles. The summed E-state index contributed by atoms with van der Waals surface area (Å²) in [6.07, 6.45) is 1.38. The van der Waals surface area contributed by atoms with Gasteiger partial charge in [0.05, 0.1) is 11.1 Å². The molecule has 5 nitrogen and oxygen atoms in total.